The SMILES string of the molecule is CCCCCCCCCCCCCCCC(=O)NCC(=O)N[C@@H](CO)C(=O)N[C@H](CCC(N)=O)C(=O)N[C@@H](CC(N)CN)C(=O)N[C@H](C(=O)N[C@@H](CCCC)C(=O)N[C@H]1CCC(=O)CNCCCC[C@@H](C(N)=O)NC(=O)[C@H](Cc2c[nH]c3ccccc23)NC(=O)[C@H](CCCNC(=N)N)NC(=O)[C@@H](Cc2ccccc2)NC(=O)[C@@H]2C[C@@H](O)CN2C1=O)C(C)O. The van der Waals surface area contributed by atoms with E-state index in [1.165, 1.54) is 51.4 Å². The number of para-hydroxylation sites is 1. The molecule has 123 heavy (non-hydrogen) atoms. The summed E-state index contributed by atoms with van der Waals surface area (Å²) in [6.07, 6.45) is 11.3. The number of nitrogens with two attached hydrogens (primary N) is 5. The molecule has 684 valence electrons. The molecule has 2 unspecified atom stereocenters. The Morgan fingerprint density at radius 2 is 1.20 bits per heavy atom. The van der Waals surface area contributed by atoms with E-state index in [-0.39, 0.29) is 89.9 Å². The maximum absolute atomic E-state index is 15.3. The maximum Gasteiger partial charge on any atom is 0.245 e. The summed E-state index contributed by atoms with van der Waals surface area (Å²) in [5.74, 6) is -14.1. The molecule has 3 heterocycles. The fourth-order valence-electron chi connectivity index (χ4n) is 14.6. The minimum absolute atomic E-state index is 0.0198. The van der Waals surface area contributed by atoms with Crippen LogP contribution >= 0.6 is 0 Å². The number of hydrogen-bond donors (Lipinski definition) is 23. The van der Waals surface area contributed by atoms with Crippen LogP contribution in [0.5, 0.6) is 0 Å². The zero-order valence-corrected chi connectivity index (χ0v) is 71.3. The minimum atomic E-state index is -1.94. The molecule has 0 bridgehead atoms. The lowest BCUT2D eigenvalue weighted by Gasteiger charge is -2.31. The largest absolute Gasteiger partial charge is 0.394 e. The van der Waals surface area contributed by atoms with Crippen LogP contribution in [0.15, 0.2) is 60.8 Å². The van der Waals surface area contributed by atoms with Crippen molar-refractivity contribution in [3.05, 3.63) is 71.9 Å². The summed E-state index contributed by atoms with van der Waals surface area (Å²) >= 11 is 0. The molecule has 39 heteroatoms. The van der Waals surface area contributed by atoms with Crippen molar-refractivity contribution in [2.45, 2.75) is 298 Å². The molecule has 5 rings (SSSR count). The number of fused-ring (bicyclic) bond motifs is 2. The Kier molecular flexibility index (Phi) is 46.9. The third-order valence-corrected chi connectivity index (χ3v) is 21.7. The van der Waals surface area contributed by atoms with Gasteiger partial charge >= 0.3 is 0 Å². The standard InChI is InChI=1S/C84H135N21O18/c1-4-6-8-9-10-11-12-13-14-15-16-17-21-34-70(111)94-48-71(112)95-67(50-106)80(120)98-62(37-38-69(87)110)76(116)102-66(43-54(86)45-85)79(119)104-72(51(3)107)82(122)99-60(30-7-5-2)74(114)100-63-36-35-55(108)47-91-39-25-24-32-59(73(88)113)96-78(118)65(42-53-46-93-58-31-23-22-29-57(53)58)101-75(115)61(33-26-40-92-84(89)90)97-77(117)64(41-52-27-19-18-20-28-52)103-81(121)68-44-56(109)49-105(68)83(63)123/h18-20,22-23,27-29,31,46,51,54,56,59-68,72,91,93,106-107,109H,4-17,21,24-26,30,32-45,47-50,85-86H2,1-3H3,(H2,87,110)(H2,88,113)(H,94,111)(H,95,112)(H,96,118)(H,97,117)(H,98,120)(H,99,122)(H,100,114)(H,101,115)(H,102,116)(H,103,121)(H,104,119)(H4,89,90,92)/t51?,54?,56-,59+,60+,61+,62-,63+,64-,65+,66+,67+,68+,72+/m1/s1. The molecule has 0 aliphatic carbocycles. The number of benzene rings is 2. The Hall–Kier alpha value is -10.7. The van der Waals surface area contributed by atoms with Gasteiger partial charge in [-0.05, 0) is 94.9 Å². The Labute approximate surface area is 718 Å². The lowest BCUT2D eigenvalue weighted by molar-refractivity contribution is -0.143. The number of aliphatic hydroxyl groups excluding tert-OH is 3. The Morgan fingerprint density at radius 1 is 0.610 bits per heavy atom. The lowest BCUT2D eigenvalue weighted by Crippen LogP contribution is -2.62. The van der Waals surface area contributed by atoms with Crippen LogP contribution in [-0.4, -0.2) is 250 Å². The number of unbranched alkanes of at least 4 members (excludes halogenated alkanes) is 13. The molecular formula is C84H135N21O18. The molecule has 14 atom stereocenters. The van der Waals surface area contributed by atoms with E-state index in [0.717, 1.165) is 48.4 Å². The second-order valence-electron chi connectivity index (χ2n) is 32.0. The van der Waals surface area contributed by atoms with Crippen LogP contribution in [0.3, 0.4) is 0 Å². The average Bonchev–Trinajstić information content (AvgIpc) is 1.69. The zero-order valence-electron chi connectivity index (χ0n) is 71.3. The molecule has 1 aromatic heterocycles. The molecule has 39 nitrogen and oxygen atoms in total. The van der Waals surface area contributed by atoms with E-state index in [1.807, 2.05) is 12.1 Å². The third kappa shape index (κ3) is 37.9. The van der Waals surface area contributed by atoms with Crippen LogP contribution in [0.1, 0.15) is 212 Å². The molecule has 0 spiro atoms. The Bertz CT molecular complexity index is 3930. The van der Waals surface area contributed by atoms with Crippen LogP contribution in [-0.2, 0) is 84.8 Å². The van der Waals surface area contributed by atoms with Crippen molar-refractivity contribution in [2.24, 2.45) is 28.7 Å². The number of Topliss-reactive ketones (excluding diaryl/α,β-unsaturated/α-hetero) is 1. The number of aromatic nitrogens is 1. The number of aromatic amines is 1. The van der Waals surface area contributed by atoms with E-state index < -0.39 is 231 Å². The van der Waals surface area contributed by atoms with Crippen molar-refractivity contribution in [1.29, 1.82) is 5.41 Å². The highest BCUT2D eigenvalue weighted by atomic mass is 16.3. The van der Waals surface area contributed by atoms with Crippen LogP contribution < -0.4 is 97.8 Å². The number of nitrogens with zero attached hydrogens (tertiary/aromatic N) is 1. The first-order chi connectivity index (χ1) is 58.9. The molecule has 0 saturated carbocycles. The van der Waals surface area contributed by atoms with E-state index in [1.54, 1.807) is 55.6 Å². The molecule has 2 aromatic carbocycles. The van der Waals surface area contributed by atoms with Crippen molar-refractivity contribution in [3.8, 4) is 0 Å². The Balaban J connectivity index is 1.37. The molecule has 2 aliphatic rings. The summed E-state index contributed by atoms with van der Waals surface area (Å²) in [5.41, 5.74) is 30.9. The summed E-state index contributed by atoms with van der Waals surface area (Å²) in [5, 5.41) is 75.1. The number of H-pyrrole nitrogens is 1. The predicted octanol–water partition coefficient (Wildman–Crippen LogP) is -2.26. The van der Waals surface area contributed by atoms with Gasteiger partial charge in [0, 0.05) is 81.3 Å². The number of nitrogens with one attached hydrogen (secondary N) is 15. The number of carbonyl (C=O) groups excluding carboxylic acids is 15. The number of carbonyl (C=O) groups is 15. The van der Waals surface area contributed by atoms with Gasteiger partial charge in [-0.2, -0.15) is 0 Å². The van der Waals surface area contributed by atoms with Crippen LogP contribution in [0.25, 0.3) is 10.9 Å². The second-order valence-corrected chi connectivity index (χ2v) is 32.0. The van der Waals surface area contributed by atoms with Gasteiger partial charge < -0.3 is 123 Å². The van der Waals surface area contributed by atoms with Crippen LogP contribution in [0.4, 0.5) is 0 Å². The summed E-state index contributed by atoms with van der Waals surface area (Å²) in [6.45, 7) is 2.72. The maximum atomic E-state index is 15.3. The summed E-state index contributed by atoms with van der Waals surface area (Å²) in [7, 11) is 0. The highest BCUT2D eigenvalue weighted by Crippen LogP contribution is 2.24. The van der Waals surface area contributed by atoms with Gasteiger partial charge in [0.1, 0.15) is 72.2 Å². The fraction of sp³-hybridized carbons (Fsp3) is 0.643. The number of amides is 14. The summed E-state index contributed by atoms with van der Waals surface area (Å²) in [6, 6.07) is -2.99. The van der Waals surface area contributed by atoms with Crippen LogP contribution in [0, 0.1) is 5.41 Å². The van der Waals surface area contributed by atoms with Crippen molar-refractivity contribution in [2.75, 3.05) is 45.9 Å². The van der Waals surface area contributed by atoms with Gasteiger partial charge in [-0.3, -0.25) is 77.3 Å². The van der Waals surface area contributed by atoms with Gasteiger partial charge in [0.25, 0.3) is 0 Å². The van der Waals surface area contributed by atoms with E-state index >= 15 is 14.4 Å². The number of ketones is 1. The second kappa shape index (κ2) is 56.1. The summed E-state index contributed by atoms with van der Waals surface area (Å²) < 4.78 is 0. The number of primary amides is 2. The van der Waals surface area contributed by atoms with Gasteiger partial charge in [0.15, 0.2) is 5.96 Å². The zero-order chi connectivity index (χ0) is 90.3. The molecule has 2 fully saturated rings. The molecule has 28 N–H and O–H groups in total. The monoisotopic (exact) mass is 1730 g/mol. The highest BCUT2D eigenvalue weighted by Gasteiger charge is 2.44. The first kappa shape index (κ1) is 103. The van der Waals surface area contributed by atoms with E-state index in [4.69, 9.17) is 34.1 Å². The van der Waals surface area contributed by atoms with Gasteiger partial charge in [-0.25, -0.2) is 0 Å². The normalized spacial score (nSPS) is 20.3. The number of guanidine groups is 1. The molecular weight excluding hydrogens is 1590 g/mol. The Morgan fingerprint density at radius 3 is 1.84 bits per heavy atom. The molecule has 2 saturated heterocycles. The van der Waals surface area contributed by atoms with Crippen molar-refractivity contribution in [3.63, 3.8) is 0 Å². The first-order valence-corrected chi connectivity index (χ1v) is 43.4. The lowest BCUT2D eigenvalue weighted by atomic mass is 10.0. The van der Waals surface area contributed by atoms with Gasteiger partial charge in [0.2, 0.25) is 82.7 Å². The van der Waals surface area contributed by atoms with E-state index in [9.17, 15) is 72.9 Å². The van der Waals surface area contributed by atoms with Crippen molar-refractivity contribution >= 4 is 105 Å². The quantitative estimate of drug-likeness (QED) is 0.0161. The molecule has 0 radical (unpaired) electrons. The smallest absolute Gasteiger partial charge is 0.245 e. The minimum Gasteiger partial charge on any atom is -0.394 e. The van der Waals surface area contributed by atoms with Crippen molar-refractivity contribution in [1.82, 2.24) is 79.0 Å². The topological polar surface area (TPSA) is 646 Å². The van der Waals surface area contributed by atoms with Gasteiger partial charge in [0.05, 0.1) is 31.9 Å². The first-order valence-electron chi connectivity index (χ1n) is 43.4. The summed E-state index contributed by atoms with van der Waals surface area (Å²) in [4.78, 5) is 216. The number of hydrogen-bond acceptors (Lipinski definition) is 22. The third-order valence-electron chi connectivity index (χ3n) is 21.7. The van der Waals surface area contributed by atoms with E-state index in [0.29, 0.717) is 30.4 Å². The highest BCUT2D eigenvalue weighted by molar-refractivity contribution is 6.01. The average molecular weight is 1730 g/mol. The number of aliphatic hydroxyl groups is 3. The van der Waals surface area contributed by atoms with Gasteiger partial charge in [-0.15, -0.1) is 0 Å². The van der Waals surface area contributed by atoms with Gasteiger partial charge in [-0.1, -0.05) is 152 Å². The molecule has 14 amide bonds. The number of rotatable bonds is 47. The predicted molar refractivity (Wildman–Crippen MR) is 459 cm³/mol. The van der Waals surface area contributed by atoms with Crippen molar-refractivity contribution < 1.29 is 87.2 Å². The molecule has 3 aromatic rings. The fourth-order valence-corrected chi connectivity index (χ4v) is 14.6. The van der Waals surface area contributed by atoms with E-state index in [2.05, 4.69) is 81.0 Å². The molecule has 2 aliphatic heterocycles. The van der Waals surface area contributed by atoms with Crippen LogP contribution in [0.2, 0.25) is 0 Å².